The summed E-state index contributed by atoms with van der Waals surface area (Å²) in [6, 6.07) is 52.6. The quantitative estimate of drug-likeness (QED) is 0.0121. The summed E-state index contributed by atoms with van der Waals surface area (Å²) in [6.45, 7) is 26.3. The van der Waals surface area contributed by atoms with Crippen molar-refractivity contribution in [3.05, 3.63) is 301 Å². The van der Waals surface area contributed by atoms with Gasteiger partial charge in [0.1, 0.15) is 83.0 Å². The number of nitrogens with two attached hydrogens (primary N) is 2. The van der Waals surface area contributed by atoms with E-state index in [2.05, 4.69) is 123 Å². The molecule has 135 heavy (non-hydrogen) atoms. The molecule has 0 bridgehead atoms. The molecule has 0 saturated carbocycles. The van der Waals surface area contributed by atoms with Crippen LogP contribution >= 0.6 is 116 Å². The van der Waals surface area contributed by atoms with E-state index in [0.29, 0.717) is 97.2 Å². The molecule has 5 aromatic heterocycles. The monoisotopic (exact) mass is 2030 g/mol. The highest BCUT2D eigenvalue weighted by Gasteiger charge is 2.21. The van der Waals surface area contributed by atoms with Crippen LogP contribution in [0.2, 0.25) is 51.4 Å². The molecule has 8 aromatic carbocycles. The van der Waals surface area contributed by atoms with Crippen LogP contribution in [0.3, 0.4) is 0 Å². The van der Waals surface area contributed by atoms with Crippen molar-refractivity contribution in [1.82, 2.24) is 49.8 Å². The van der Waals surface area contributed by atoms with Crippen molar-refractivity contribution >= 4 is 186 Å². The van der Waals surface area contributed by atoms with Crippen LogP contribution in [-0.4, -0.2) is 104 Å². The number of ether oxygens (including phenoxy) is 9. The summed E-state index contributed by atoms with van der Waals surface area (Å²) in [5, 5.41) is 24.5. The average molecular weight is 2040 g/mol. The zero-order valence-electron chi connectivity index (χ0n) is 74.5. The van der Waals surface area contributed by atoms with Crippen LogP contribution in [0.4, 0.5) is 55.3 Å². The predicted octanol–water partition coefficient (Wildman–Crippen LogP) is 27.2. The molecule has 708 valence electrons. The molecule has 0 aliphatic carbocycles. The minimum absolute atomic E-state index is 0.0208. The van der Waals surface area contributed by atoms with Gasteiger partial charge >= 0.3 is 12.2 Å². The lowest BCUT2D eigenvalue weighted by Crippen LogP contribution is -2.27. The first-order valence-electron chi connectivity index (χ1n) is 40.1. The second-order valence-corrected chi connectivity index (χ2v) is 34.0. The number of phenols is 1. The minimum atomic E-state index is -0.580. The van der Waals surface area contributed by atoms with Crippen LogP contribution in [0.1, 0.15) is 80.4 Å². The fourth-order valence-electron chi connectivity index (χ4n) is 10.4. The van der Waals surface area contributed by atoms with E-state index in [1.807, 2.05) is 30.3 Å². The Morgan fingerprint density at radius 2 is 0.748 bits per heavy atom. The molecule has 0 atom stereocenters. The molecule has 5 heterocycles. The van der Waals surface area contributed by atoms with E-state index in [0.717, 1.165) is 24.3 Å². The largest absolute Gasteiger partial charge is 0.508 e. The van der Waals surface area contributed by atoms with Gasteiger partial charge in [-0.25, -0.2) is 39.5 Å². The molecule has 4 amide bonds. The van der Waals surface area contributed by atoms with Gasteiger partial charge in [-0.1, -0.05) is 159 Å². The normalized spacial score (nSPS) is 10.5. The van der Waals surface area contributed by atoms with Gasteiger partial charge in [0.2, 0.25) is 62.4 Å². The average Bonchev–Trinajstić information content (AvgIpc) is 0.824. The molecule has 0 radical (unpaired) electrons. The van der Waals surface area contributed by atoms with Crippen molar-refractivity contribution in [2.75, 3.05) is 52.3 Å². The minimum Gasteiger partial charge on any atom is -0.508 e. The SMILES string of the molecule is C=CC(=O)Nc1cccc(Oc2cccc(Oc3nc(Nc4ccc(CC(C)C)cc4OC)ncc3Cl)c2)c1.C=CC(=O)Nc1cccc(Oc2nc(Cl)ncc2Cl)c1.CC(C)(C)OC(=O)Nc1cccc(O)c1.CC(C)(C)OC(=O)Nc1cccc(Oc2nc(Cl)ncc2Cl)c1.COc1cc(CC(C)C)ccc1N.Clc1ncc(Cl)c(Cl)n1.Nc1cccc(Oc2nc(Cl)ncc2Cl)c1. The van der Waals surface area contributed by atoms with Crippen molar-refractivity contribution in [1.29, 1.82) is 0 Å². The van der Waals surface area contributed by atoms with E-state index in [4.69, 9.17) is 175 Å². The van der Waals surface area contributed by atoms with Crippen LogP contribution < -0.4 is 71.2 Å². The first-order valence-corrected chi connectivity index (χ1v) is 43.8. The maximum atomic E-state index is 11.8. The highest BCUT2D eigenvalue weighted by molar-refractivity contribution is 6.41. The Bertz CT molecular complexity index is 6190. The molecule has 41 heteroatoms. The van der Waals surface area contributed by atoms with Crippen molar-refractivity contribution in [2.45, 2.75) is 93.3 Å². The molecule has 0 unspecified atom stereocenters. The third-order valence-corrected chi connectivity index (χ3v) is 18.3. The van der Waals surface area contributed by atoms with Gasteiger partial charge in [-0.15, -0.1) is 0 Å². The van der Waals surface area contributed by atoms with Crippen molar-refractivity contribution < 1.29 is 66.9 Å². The lowest BCUT2D eigenvalue weighted by molar-refractivity contribution is -0.112. The van der Waals surface area contributed by atoms with Crippen LogP contribution in [0.5, 0.6) is 75.3 Å². The van der Waals surface area contributed by atoms with Crippen LogP contribution in [0.15, 0.2) is 238 Å². The van der Waals surface area contributed by atoms with Gasteiger partial charge in [-0.05, 0) is 233 Å². The van der Waals surface area contributed by atoms with Gasteiger partial charge in [0, 0.05) is 64.8 Å². The zero-order valence-corrected chi connectivity index (χ0v) is 82.1. The van der Waals surface area contributed by atoms with Gasteiger partial charge in [-0.3, -0.25) is 20.2 Å². The van der Waals surface area contributed by atoms with Crippen molar-refractivity contribution in [3.8, 4) is 75.3 Å². The number of benzene rings is 8. The zero-order chi connectivity index (χ0) is 99.1. The predicted molar refractivity (Wildman–Crippen MR) is 533 cm³/mol. The maximum Gasteiger partial charge on any atom is 0.412 e. The number of methoxy groups -OCH3 is 2. The number of anilines is 8. The lowest BCUT2D eigenvalue weighted by Gasteiger charge is -2.19. The topological polar surface area (TPSA) is 413 Å². The molecule has 13 rings (SSSR count). The molecular weight excluding hydrogens is 1950 g/mol. The van der Waals surface area contributed by atoms with Gasteiger partial charge < -0.3 is 75.2 Å². The summed E-state index contributed by atoms with van der Waals surface area (Å²) >= 11 is 57.3. The van der Waals surface area contributed by atoms with E-state index in [1.165, 1.54) is 66.4 Å². The highest BCUT2D eigenvalue weighted by Crippen LogP contribution is 2.38. The van der Waals surface area contributed by atoms with E-state index >= 15 is 0 Å². The molecule has 0 aliphatic heterocycles. The molecule has 10 N–H and O–H groups in total. The molecule has 0 aliphatic rings. The number of aromatic nitrogens is 10. The second-order valence-electron chi connectivity index (χ2n) is 30.3. The first kappa shape index (κ1) is 109. The number of aromatic hydroxyl groups is 1. The van der Waals surface area contributed by atoms with E-state index in [9.17, 15) is 19.2 Å². The fourth-order valence-corrected chi connectivity index (χ4v) is 11.7. The smallest absolute Gasteiger partial charge is 0.412 e. The summed E-state index contributed by atoms with van der Waals surface area (Å²) < 4.78 is 49.4. The van der Waals surface area contributed by atoms with Gasteiger partial charge in [0.05, 0.1) is 61.6 Å². The van der Waals surface area contributed by atoms with Crippen LogP contribution in [0, 0.1) is 11.8 Å². The van der Waals surface area contributed by atoms with Crippen molar-refractivity contribution in [3.63, 3.8) is 0 Å². The maximum absolute atomic E-state index is 11.8. The number of carbonyl (C=O) groups is 4. The Morgan fingerprint density at radius 3 is 1.15 bits per heavy atom. The number of halogens is 10. The molecule has 31 nitrogen and oxygen atoms in total. The summed E-state index contributed by atoms with van der Waals surface area (Å²) in [5.41, 5.74) is 16.8. The van der Waals surface area contributed by atoms with Crippen LogP contribution in [-0.2, 0) is 31.9 Å². The number of carbonyl (C=O) groups excluding carboxylic acids is 4. The molecule has 0 saturated heterocycles. The van der Waals surface area contributed by atoms with E-state index in [1.54, 1.807) is 189 Å². The van der Waals surface area contributed by atoms with Crippen molar-refractivity contribution in [2.24, 2.45) is 11.8 Å². The molecule has 0 spiro atoms. The molecule has 13 aromatic rings. The Balaban J connectivity index is 0.000000226. The van der Waals surface area contributed by atoms with E-state index in [-0.39, 0.29) is 87.5 Å². The summed E-state index contributed by atoms with van der Waals surface area (Å²) in [6.07, 6.45) is 10.2. The standard InChI is InChI=1S/C30H29ClN4O4.C15H15Cl2N3O3.C13H9Cl2N3O2.C11H15NO3.C11H17NO.C10H7Cl2N3O.C4HCl3N2/c1-5-28(36)33-21-8-6-9-22(16-21)38-23-10-7-11-24(17-23)39-29-25(31)18-32-30(35-29)34-26-13-12-20(14-19(2)3)15-27(26)37-4;1-15(2,3)23-14(21)19-9-5-4-6-10(7-9)22-12-11(16)8-18-13(17)20-12;1-2-11(19)17-8-4-3-5-9(6-8)20-12-10(14)7-16-13(15)18-12;1-11(2,3)15-10(14)12-8-5-4-6-9(13)7-8;1-8(2)6-9-4-5-10(12)11(7-9)13-3;11-8-5-14-10(12)15-9(8)16-7-3-1-2-6(13)4-7;5-2-1-8-4(7)9-3(2)6/h5-13,15-19H,1,14H2,2-4H3,(H,33,36)(H,32,34,35);4-8H,1-3H3,(H,19,21);2-7H,1H2,(H,17,19);4-7,13H,1-3H3,(H,12,14);4-5,7-8H,6,12H2,1-3H3;1-5H,13H2;1H. The number of phenolic OH excluding ortho intramolecular Hbond substituents is 1. The van der Waals surface area contributed by atoms with Gasteiger partial charge in [0.25, 0.3) is 0 Å². The summed E-state index contributed by atoms with van der Waals surface area (Å²) in [4.78, 5) is 84.6. The summed E-state index contributed by atoms with van der Waals surface area (Å²) in [5.74, 6) is 6.02. The summed E-state index contributed by atoms with van der Waals surface area (Å²) in [7, 11) is 3.27. The number of amides is 4. The van der Waals surface area contributed by atoms with Gasteiger partial charge in [0.15, 0.2) is 5.15 Å². The Kier molecular flexibility index (Phi) is 43.7. The molecule has 0 fully saturated rings. The third-order valence-electron chi connectivity index (χ3n) is 15.8. The highest BCUT2D eigenvalue weighted by atomic mass is 35.5. The number of nitrogen functional groups attached to an aromatic ring is 2. The Morgan fingerprint density at radius 1 is 0.400 bits per heavy atom. The molecular formula is C94H93Cl10N17O14. The number of rotatable bonds is 24. The number of hydrogen-bond acceptors (Lipinski definition) is 27. The Hall–Kier alpha value is -13.2. The fraction of sp³-hybridized carbons (Fsp3) is 0.191. The third kappa shape index (κ3) is 41.1. The Labute approximate surface area is 829 Å². The number of nitrogens with zero attached hydrogens (tertiary/aromatic N) is 10. The first-order chi connectivity index (χ1) is 64.0. The number of hydrogen-bond donors (Lipinski definition) is 8. The second kappa shape index (κ2) is 54.2. The van der Waals surface area contributed by atoms with Crippen LogP contribution in [0.25, 0.3) is 0 Å². The van der Waals surface area contributed by atoms with Gasteiger partial charge in [-0.2, -0.15) is 19.9 Å². The number of nitrogens with one attached hydrogen (secondary N) is 5. The van der Waals surface area contributed by atoms with E-state index < -0.39 is 23.4 Å². The lowest BCUT2D eigenvalue weighted by atomic mass is 10.0.